The molecule has 2 nitrogen and oxygen atoms in total. The fourth-order valence-corrected chi connectivity index (χ4v) is 3.36. The van der Waals surface area contributed by atoms with E-state index in [1.54, 1.807) is 0 Å². The Morgan fingerprint density at radius 2 is 2.20 bits per heavy atom. The van der Waals surface area contributed by atoms with Gasteiger partial charge in [0.15, 0.2) is 0 Å². The van der Waals surface area contributed by atoms with Gasteiger partial charge in [-0.2, -0.15) is 11.8 Å². The van der Waals surface area contributed by atoms with Gasteiger partial charge in [0.05, 0.1) is 0 Å². The minimum atomic E-state index is 0.266. The van der Waals surface area contributed by atoms with Crippen LogP contribution in [0, 0.1) is 5.41 Å². The van der Waals surface area contributed by atoms with E-state index in [4.69, 9.17) is 5.73 Å². The first-order valence-corrected chi connectivity index (χ1v) is 7.26. The average molecular weight is 230 g/mol. The van der Waals surface area contributed by atoms with Gasteiger partial charge in [-0.15, -0.1) is 0 Å². The topological polar surface area (TPSA) is 29.3 Å². The summed E-state index contributed by atoms with van der Waals surface area (Å²) in [4.78, 5) is 2.66. The molecule has 1 aliphatic heterocycles. The average Bonchev–Trinajstić information content (AvgIpc) is 2.70. The Kier molecular flexibility index (Phi) is 5.44. The highest BCUT2D eigenvalue weighted by Crippen LogP contribution is 2.25. The Hall–Kier alpha value is 0.270. The standard InChI is InChI=1S/C12H26N2S/c1-4-6-14(10-12(2,3)9-13)11-5-7-15-8-11/h11H,4-10,13H2,1-3H3. The van der Waals surface area contributed by atoms with Crippen molar-refractivity contribution < 1.29 is 0 Å². The molecule has 15 heavy (non-hydrogen) atoms. The lowest BCUT2D eigenvalue weighted by Crippen LogP contribution is -2.44. The molecule has 1 fully saturated rings. The van der Waals surface area contributed by atoms with E-state index in [1.807, 2.05) is 0 Å². The van der Waals surface area contributed by atoms with E-state index in [0.29, 0.717) is 0 Å². The molecule has 1 unspecified atom stereocenters. The number of thioether (sulfide) groups is 1. The molecular weight excluding hydrogens is 204 g/mol. The molecule has 1 aliphatic rings. The van der Waals surface area contributed by atoms with Gasteiger partial charge in [-0.05, 0) is 37.1 Å². The molecule has 1 rings (SSSR count). The Labute approximate surface area is 99.0 Å². The molecule has 0 amide bonds. The molecule has 0 bridgehead atoms. The van der Waals surface area contributed by atoms with Crippen molar-refractivity contribution in [3.63, 3.8) is 0 Å². The summed E-state index contributed by atoms with van der Waals surface area (Å²) in [6.45, 7) is 9.99. The van der Waals surface area contributed by atoms with Gasteiger partial charge < -0.3 is 5.73 Å². The zero-order chi connectivity index (χ0) is 11.3. The van der Waals surface area contributed by atoms with Crippen LogP contribution in [-0.4, -0.2) is 42.1 Å². The van der Waals surface area contributed by atoms with Gasteiger partial charge in [0.25, 0.3) is 0 Å². The third-order valence-corrected chi connectivity index (χ3v) is 4.26. The van der Waals surface area contributed by atoms with Crippen LogP contribution in [0.2, 0.25) is 0 Å². The van der Waals surface area contributed by atoms with Crippen molar-refractivity contribution in [1.82, 2.24) is 4.90 Å². The van der Waals surface area contributed by atoms with Gasteiger partial charge in [-0.1, -0.05) is 20.8 Å². The van der Waals surface area contributed by atoms with Crippen molar-refractivity contribution in [2.45, 2.75) is 39.7 Å². The van der Waals surface area contributed by atoms with Gasteiger partial charge in [-0.25, -0.2) is 0 Å². The summed E-state index contributed by atoms with van der Waals surface area (Å²) in [6, 6.07) is 0.806. The quantitative estimate of drug-likeness (QED) is 0.758. The maximum Gasteiger partial charge on any atom is 0.0194 e. The van der Waals surface area contributed by atoms with Crippen molar-refractivity contribution >= 4 is 11.8 Å². The highest BCUT2D eigenvalue weighted by molar-refractivity contribution is 7.99. The van der Waals surface area contributed by atoms with Crippen molar-refractivity contribution in [3.05, 3.63) is 0 Å². The molecule has 1 heterocycles. The summed E-state index contributed by atoms with van der Waals surface area (Å²) in [5.74, 6) is 2.66. The van der Waals surface area contributed by atoms with Gasteiger partial charge in [-0.3, -0.25) is 4.90 Å². The Bertz CT molecular complexity index is 176. The summed E-state index contributed by atoms with van der Waals surface area (Å²) in [5.41, 5.74) is 6.08. The molecule has 0 aromatic heterocycles. The molecule has 90 valence electrons. The zero-order valence-electron chi connectivity index (χ0n) is 10.5. The van der Waals surface area contributed by atoms with E-state index in [0.717, 1.165) is 19.1 Å². The van der Waals surface area contributed by atoms with Crippen LogP contribution in [0.5, 0.6) is 0 Å². The summed E-state index contributed by atoms with van der Waals surface area (Å²) >= 11 is 2.10. The molecule has 0 aliphatic carbocycles. The number of rotatable bonds is 6. The third-order valence-electron chi connectivity index (χ3n) is 3.12. The second kappa shape index (κ2) is 6.12. The molecule has 3 heteroatoms. The number of nitrogens with two attached hydrogens (primary N) is 1. The summed E-state index contributed by atoms with van der Waals surface area (Å²) in [5, 5.41) is 0. The molecule has 0 aromatic carbocycles. The first-order chi connectivity index (χ1) is 7.09. The lowest BCUT2D eigenvalue weighted by Gasteiger charge is -2.35. The lowest BCUT2D eigenvalue weighted by molar-refractivity contribution is 0.143. The maximum atomic E-state index is 5.82. The fraction of sp³-hybridized carbons (Fsp3) is 1.00. The highest BCUT2D eigenvalue weighted by atomic mass is 32.2. The minimum Gasteiger partial charge on any atom is -0.330 e. The molecule has 1 atom stereocenters. The second-order valence-corrected chi connectivity index (χ2v) is 6.51. The van der Waals surface area contributed by atoms with Crippen molar-refractivity contribution in [2.24, 2.45) is 11.1 Å². The first kappa shape index (κ1) is 13.3. The maximum absolute atomic E-state index is 5.82. The zero-order valence-corrected chi connectivity index (χ0v) is 11.3. The summed E-state index contributed by atoms with van der Waals surface area (Å²) in [6.07, 6.45) is 2.62. The molecule has 0 aromatic rings. The van der Waals surface area contributed by atoms with Crippen LogP contribution in [0.25, 0.3) is 0 Å². The van der Waals surface area contributed by atoms with E-state index in [9.17, 15) is 0 Å². The molecule has 1 saturated heterocycles. The van der Waals surface area contributed by atoms with Crippen LogP contribution in [-0.2, 0) is 0 Å². The van der Waals surface area contributed by atoms with E-state index >= 15 is 0 Å². The normalized spacial score (nSPS) is 22.6. The number of nitrogens with zero attached hydrogens (tertiary/aromatic N) is 1. The van der Waals surface area contributed by atoms with Gasteiger partial charge in [0, 0.05) is 18.3 Å². The summed E-state index contributed by atoms with van der Waals surface area (Å²) < 4.78 is 0. The smallest absolute Gasteiger partial charge is 0.0194 e. The Morgan fingerprint density at radius 3 is 2.67 bits per heavy atom. The largest absolute Gasteiger partial charge is 0.330 e. The van der Waals surface area contributed by atoms with E-state index < -0.39 is 0 Å². The first-order valence-electron chi connectivity index (χ1n) is 6.11. The van der Waals surface area contributed by atoms with Crippen LogP contribution >= 0.6 is 11.8 Å². The number of hydrogen-bond donors (Lipinski definition) is 1. The van der Waals surface area contributed by atoms with E-state index in [1.165, 1.54) is 30.9 Å². The van der Waals surface area contributed by atoms with Gasteiger partial charge >= 0.3 is 0 Å². The van der Waals surface area contributed by atoms with E-state index in [-0.39, 0.29) is 5.41 Å². The number of hydrogen-bond acceptors (Lipinski definition) is 3. The fourth-order valence-electron chi connectivity index (χ4n) is 2.10. The van der Waals surface area contributed by atoms with Crippen LogP contribution in [0.4, 0.5) is 0 Å². The van der Waals surface area contributed by atoms with Crippen LogP contribution < -0.4 is 5.73 Å². The van der Waals surface area contributed by atoms with Crippen LogP contribution in [0.1, 0.15) is 33.6 Å². The molecule has 0 spiro atoms. The van der Waals surface area contributed by atoms with Crippen molar-refractivity contribution in [1.29, 1.82) is 0 Å². The van der Waals surface area contributed by atoms with E-state index in [2.05, 4.69) is 37.4 Å². The molecular formula is C12H26N2S. The summed E-state index contributed by atoms with van der Waals surface area (Å²) in [7, 11) is 0. The van der Waals surface area contributed by atoms with Crippen molar-refractivity contribution in [3.8, 4) is 0 Å². The van der Waals surface area contributed by atoms with Crippen LogP contribution in [0.3, 0.4) is 0 Å². The third kappa shape index (κ3) is 4.33. The van der Waals surface area contributed by atoms with Gasteiger partial charge in [0.2, 0.25) is 0 Å². The monoisotopic (exact) mass is 230 g/mol. The van der Waals surface area contributed by atoms with Gasteiger partial charge in [0.1, 0.15) is 0 Å². The predicted octanol–water partition coefficient (Wildman–Crippen LogP) is 2.19. The minimum absolute atomic E-state index is 0.266. The second-order valence-electron chi connectivity index (χ2n) is 5.36. The predicted molar refractivity (Wildman–Crippen MR) is 70.4 cm³/mol. The van der Waals surface area contributed by atoms with Crippen molar-refractivity contribution in [2.75, 3.05) is 31.1 Å². The lowest BCUT2D eigenvalue weighted by atomic mass is 9.92. The molecule has 0 radical (unpaired) electrons. The SMILES string of the molecule is CCCN(CC(C)(C)CN)C1CCSC1. The Balaban J connectivity index is 2.49. The highest BCUT2D eigenvalue weighted by Gasteiger charge is 2.27. The molecule has 0 saturated carbocycles. The Morgan fingerprint density at radius 1 is 1.47 bits per heavy atom. The molecule has 2 N–H and O–H groups in total. The van der Waals surface area contributed by atoms with Crippen LogP contribution in [0.15, 0.2) is 0 Å².